The molecule has 0 fully saturated rings. The van der Waals surface area contributed by atoms with E-state index in [0.717, 1.165) is 17.3 Å². The van der Waals surface area contributed by atoms with Crippen LogP contribution in [0.25, 0.3) is 11.0 Å². The molecule has 0 aliphatic rings. The molecule has 1 heterocycles. The molecule has 7 heteroatoms. The van der Waals surface area contributed by atoms with Gasteiger partial charge >= 0.3 is 5.97 Å². The number of fused-ring (bicyclic) bond motifs is 1. The average molecular weight is 298 g/mol. The summed E-state index contributed by atoms with van der Waals surface area (Å²) in [6.07, 6.45) is 0. The van der Waals surface area contributed by atoms with Crippen LogP contribution in [0.2, 0.25) is 0 Å². The number of ether oxygens (including phenoxy) is 1. The maximum atomic E-state index is 13.7. The van der Waals surface area contributed by atoms with Crippen LogP contribution in [0.1, 0.15) is 19.9 Å². The SMILES string of the molecule is COc1cc2c(cc1F)nc(SCC(=O)O)n2C(C)C. The number of halogens is 1. The predicted octanol–water partition coefficient (Wildman–Crippen LogP) is 2.94. The maximum absolute atomic E-state index is 13.7. The maximum Gasteiger partial charge on any atom is 0.313 e. The highest BCUT2D eigenvalue weighted by molar-refractivity contribution is 7.99. The van der Waals surface area contributed by atoms with Gasteiger partial charge in [-0.25, -0.2) is 9.37 Å². The summed E-state index contributed by atoms with van der Waals surface area (Å²) >= 11 is 1.12. The molecule has 0 spiro atoms. The van der Waals surface area contributed by atoms with Crippen LogP contribution in [-0.4, -0.2) is 33.5 Å². The van der Waals surface area contributed by atoms with Gasteiger partial charge in [-0.3, -0.25) is 4.79 Å². The fraction of sp³-hybridized carbons (Fsp3) is 0.385. The summed E-state index contributed by atoms with van der Waals surface area (Å²) in [7, 11) is 1.40. The van der Waals surface area contributed by atoms with Crippen molar-refractivity contribution in [2.75, 3.05) is 12.9 Å². The monoisotopic (exact) mass is 298 g/mol. The molecule has 108 valence electrons. The second-order valence-electron chi connectivity index (χ2n) is 4.52. The first kappa shape index (κ1) is 14.6. The van der Waals surface area contributed by atoms with Crippen molar-refractivity contribution in [3.8, 4) is 5.75 Å². The van der Waals surface area contributed by atoms with Crippen LogP contribution in [0, 0.1) is 5.82 Å². The van der Waals surface area contributed by atoms with Crippen molar-refractivity contribution in [3.05, 3.63) is 17.9 Å². The number of nitrogens with zero attached hydrogens (tertiary/aromatic N) is 2. The normalized spacial score (nSPS) is 11.2. The summed E-state index contributed by atoms with van der Waals surface area (Å²) < 4.78 is 20.6. The van der Waals surface area contributed by atoms with E-state index in [4.69, 9.17) is 9.84 Å². The number of hydrogen-bond donors (Lipinski definition) is 1. The van der Waals surface area contributed by atoms with Crippen LogP contribution in [0.3, 0.4) is 0 Å². The smallest absolute Gasteiger partial charge is 0.313 e. The number of carbonyl (C=O) groups is 1. The van der Waals surface area contributed by atoms with Crippen molar-refractivity contribution in [1.29, 1.82) is 0 Å². The molecule has 0 saturated heterocycles. The Hall–Kier alpha value is -1.76. The number of hydrogen-bond acceptors (Lipinski definition) is 4. The van der Waals surface area contributed by atoms with Crippen molar-refractivity contribution in [2.45, 2.75) is 25.0 Å². The second-order valence-corrected chi connectivity index (χ2v) is 5.46. The van der Waals surface area contributed by atoms with Crippen molar-refractivity contribution in [1.82, 2.24) is 9.55 Å². The Kier molecular flexibility index (Phi) is 4.17. The Morgan fingerprint density at radius 2 is 2.25 bits per heavy atom. The van der Waals surface area contributed by atoms with E-state index >= 15 is 0 Å². The minimum absolute atomic E-state index is 0.0754. The molecule has 0 saturated carbocycles. The molecule has 0 radical (unpaired) electrons. The van der Waals surface area contributed by atoms with Crippen molar-refractivity contribution < 1.29 is 19.0 Å². The largest absolute Gasteiger partial charge is 0.494 e. The number of imidazole rings is 1. The fourth-order valence-corrected chi connectivity index (χ4v) is 2.82. The van der Waals surface area contributed by atoms with Crippen molar-refractivity contribution >= 4 is 28.8 Å². The van der Waals surface area contributed by atoms with Crippen LogP contribution in [0.15, 0.2) is 17.3 Å². The lowest BCUT2D eigenvalue weighted by Gasteiger charge is -2.12. The molecule has 0 aliphatic heterocycles. The van der Waals surface area contributed by atoms with E-state index in [0.29, 0.717) is 10.7 Å². The number of benzene rings is 1. The summed E-state index contributed by atoms with van der Waals surface area (Å²) in [5.74, 6) is -1.34. The van der Waals surface area contributed by atoms with Crippen LogP contribution in [0.5, 0.6) is 5.75 Å². The first-order chi connectivity index (χ1) is 9.43. The van der Waals surface area contributed by atoms with E-state index in [1.807, 2.05) is 18.4 Å². The van der Waals surface area contributed by atoms with Crippen molar-refractivity contribution in [2.24, 2.45) is 0 Å². The lowest BCUT2D eigenvalue weighted by molar-refractivity contribution is -0.133. The van der Waals surface area contributed by atoms with Gasteiger partial charge in [0.15, 0.2) is 16.7 Å². The molecule has 1 aromatic heterocycles. The van der Waals surface area contributed by atoms with Gasteiger partial charge in [0, 0.05) is 18.2 Å². The van der Waals surface area contributed by atoms with Gasteiger partial charge in [0.1, 0.15) is 0 Å². The van der Waals surface area contributed by atoms with Crippen molar-refractivity contribution in [3.63, 3.8) is 0 Å². The number of carboxylic acid groups (broad SMARTS) is 1. The van der Waals surface area contributed by atoms with E-state index < -0.39 is 11.8 Å². The molecule has 2 aromatic rings. The van der Waals surface area contributed by atoms with E-state index in [9.17, 15) is 9.18 Å². The molecular formula is C13H15FN2O3S. The minimum atomic E-state index is -0.916. The molecule has 2 rings (SSSR count). The molecule has 0 unspecified atom stereocenters. The van der Waals surface area contributed by atoms with Gasteiger partial charge in [0.05, 0.1) is 23.9 Å². The second kappa shape index (κ2) is 5.70. The fourth-order valence-electron chi connectivity index (χ4n) is 1.96. The standard InChI is InChI=1S/C13H15FN2O3S/c1-7(2)16-10-5-11(19-3)8(14)4-9(10)15-13(16)20-6-12(17)18/h4-5,7H,6H2,1-3H3,(H,17,18). The first-order valence-electron chi connectivity index (χ1n) is 6.04. The van der Waals surface area contributed by atoms with Crippen LogP contribution in [0.4, 0.5) is 4.39 Å². The molecule has 5 nitrogen and oxygen atoms in total. The van der Waals surface area contributed by atoms with Gasteiger partial charge in [-0.05, 0) is 13.8 Å². The van der Waals surface area contributed by atoms with Crippen LogP contribution in [-0.2, 0) is 4.79 Å². The highest BCUT2D eigenvalue weighted by Crippen LogP contribution is 2.31. The number of rotatable bonds is 5. The highest BCUT2D eigenvalue weighted by Gasteiger charge is 2.17. The Morgan fingerprint density at radius 1 is 1.55 bits per heavy atom. The molecule has 0 aliphatic carbocycles. The van der Waals surface area contributed by atoms with Gasteiger partial charge in [0.25, 0.3) is 0 Å². The number of aromatic nitrogens is 2. The van der Waals surface area contributed by atoms with E-state index in [1.54, 1.807) is 6.07 Å². The minimum Gasteiger partial charge on any atom is -0.494 e. The molecular weight excluding hydrogens is 283 g/mol. The zero-order valence-corrected chi connectivity index (χ0v) is 12.2. The van der Waals surface area contributed by atoms with Crippen LogP contribution >= 0.6 is 11.8 Å². The summed E-state index contributed by atoms with van der Waals surface area (Å²) in [4.78, 5) is 15.0. The summed E-state index contributed by atoms with van der Waals surface area (Å²) in [6, 6.07) is 2.96. The average Bonchev–Trinajstić information content (AvgIpc) is 2.72. The Bertz CT molecular complexity index is 655. The molecule has 0 atom stereocenters. The summed E-state index contributed by atoms with van der Waals surface area (Å²) in [6.45, 7) is 3.92. The molecule has 1 N–H and O–H groups in total. The molecule has 1 aromatic carbocycles. The topological polar surface area (TPSA) is 64.3 Å². The Labute approximate surface area is 119 Å². The number of carboxylic acids is 1. The highest BCUT2D eigenvalue weighted by atomic mass is 32.2. The van der Waals surface area contributed by atoms with Gasteiger partial charge < -0.3 is 14.4 Å². The summed E-state index contributed by atoms with van der Waals surface area (Å²) in [5.41, 5.74) is 1.22. The third kappa shape index (κ3) is 2.72. The van der Waals surface area contributed by atoms with Gasteiger partial charge in [0.2, 0.25) is 0 Å². The van der Waals surface area contributed by atoms with Crippen LogP contribution < -0.4 is 4.74 Å². The third-order valence-corrected chi connectivity index (χ3v) is 3.71. The quantitative estimate of drug-likeness (QED) is 0.860. The molecule has 0 bridgehead atoms. The zero-order chi connectivity index (χ0) is 14.9. The number of aliphatic carboxylic acids is 1. The molecule has 0 amide bonds. The van der Waals surface area contributed by atoms with Gasteiger partial charge in [-0.2, -0.15) is 0 Å². The summed E-state index contributed by atoms with van der Waals surface area (Å²) in [5, 5.41) is 9.33. The zero-order valence-electron chi connectivity index (χ0n) is 11.4. The van der Waals surface area contributed by atoms with E-state index in [1.165, 1.54) is 13.2 Å². The lowest BCUT2D eigenvalue weighted by Crippen LogP contribution is -2.05. The first-order valence-corrected chi connectivity index (χ1v) is 7.02. The Morgan fingerprint density at radius 3 is 2.80 bits per heavy atom. The number of methoxy groups -OCH3 is 1. The Balaban J connectivity index is 2.57. The van der Waals surface area contributed by atoms with Gasteiger partial charge in [-0.1, -0.05) is 11.8 Å². The predicted molar refractivity (Wildman–Crippen MR) is 75.0 cm³/mol. The van der Waals surface area contributed by atoms with E-state index in [-0.39, 0.29) is 17.5 Å². The number of thioether (sulfide) groups is 1. The third-order valence-electron chi connectivity index (χ3n) is 2.77. The molecule has 20 heavy (non-hydrogen) atoms. The lowest BCUT2D eigenvalue weighted by atomic mass is 10.2. The van der Waals surface area contributed by atoms with E-state index in [2.05, 4.69) is 4.98 Å². The van der Waals surface area contributed by atoms with Gasteiger partial charge in [-0.15, -0.1) is 0 Å².